The molecule has 3 atom stereocenters. The Balaban J connectivity index is 1.46. The Morgan fingerprint density at radius 2 is 1.93 bits per heavy atom. The molecule has 2 bridgehead atoms. The van der Waals surface area contributed by atoms with Crippen LogP contribution in [0.3, 0.4) is 0 Å². The molecule has 3 aliphatic rings. The highest BCUT2D eigenvalue weighted by atomic mass is 16.3. The molecular formula is C25H38N2O2. The predicted octanol–water partition coefficient (Wildman–Crippen LogP) is 4.11. The van der Waals surface area contributed by atoms with Gasteiger partial charge in [0.25, 0.3) is 0 Å². The van der Waals surface area contributed by atoms with E-state index in [1.807, 2.05) is 20.8 Å². The summed E-state index contributed by atoms with van der Waals surface area (Å²) in [4.78, 5) is 14.2. The topological polar surface area (TPSA) is 52.6 Å². The van der Waals surface area contributed by atoms with Crippen molar-refractivity contribution in [2.75, 3.05) is 26.7 Å². The monoisotopic (exact) mass is 398 g/mol. The summed E-state index contributed by atoms with van der Waals surface area (Å²) in [5.74, 6) is 0.848. The number of nitrogens with zero attached hydrogens (tertiary/aromatic N) is 1. The van der Waals surface area contributed by atoms with Gasteiger partial charge in [-0.05, 0) is 62.8 Å². The Bertz CT molecular complexity index is 722. The summed E-state index contributed by atoms with van der Waals surface area (Å²) in [7, 11) is 2.11. The molecule has 0 aliphatic heterocycles. The van der Waals surface area contributed by atoms with E-state index in [2.05, 4.69) is 53.7 Å². The minimum atomic E-state index is -0.574. The maximum Gasteiger partial charge on any atom is 0.225 e. The molecule has 0 spiro atoms. The van der Waals surface area contributed by atoms with Gasteiger partial charge in [0.15, 0.2) is 0 Å². The van der Waals surface area contributed by atoms with Crippen molar-refractivity contribution in [1.29, 1.82) is 0 Å². The van der Waals surface area contributed by atoms with Crippen LogP contribution in [0.15, 0.2) is 36.4 Å². The summed E-state index contributed by atoms with van der Waals surface area (Å²) >= 11 is 0. The predicted molar refractivity (Wildman–Crippen MR) is 119 cm³/mol. The summed E-state index contributed by atoms with van der Waals surface area (Å²) in [6.07, 6.45) is 7.28. The summed E-state index contributed by atoms with van der Waals surface area (Å²) in [6.45, 7) is 8.33. The smallest absolute Gasteiger partial charge is 0.225 e. The molecule has 0 saturated heterocycles. The quantitative estimate of drug-likeness (QED) is 0.648. The molecule has 1 fully saturated rings. The largest absolute Gasteiger partial charge is 0.389 e. The molecule has 4 rings (SSSR count). The van der Waals surface area contributed by atoms with Gasteiger partial charge in [0.05, 0.1) is 5.60 Å². The molecule has 4 nitrogen and oxygen atoms in total. The van der Waals surface area contributed by atoms with Crippen molar-refractivity contribution in [2.45, 2.75) is 58.5 Å². The van der Waals surface area contributed by atoms with Crippen LogP contribution < -0.4 is 5.32 Å². The van der Waals surface area contributed by atoms with E-state index in [-0.39, 0.29) is 17.2 Å². The fourth-order valence-corrected chi connectivity index (χ4v) is 4.75. The average molecular weight is 399 g/mol. The van der Waals surface area contributed by atoms with Crippen molar-refractivity contribution in [2.24, 2.45) is 17.3 Å². The number of aliphatic hydroxyl groups is 1. The molecule has 1 amide bonds. The van der Waals surface area contributed by atoms with Gasteiger partial charge in [-0.2, -0.15) is 0 Å². The lowest BCUT2D eigenvalue weighted by Crippen LogP contribution is -2.48. The first-order valence-corrected chi connectivity index (χ1v) is 11.2. The van der Waals surface area contributed by atoms with Crippen molar-refractivity contribution in [3.63, 3.8) is 0 Å². The number of rotatable bonds is 8. The van der Waals surface area contributed by atoms with Crippen molar-refractivity contribution < 1.29 is 9.90 Å². The number of hydrogen-bond acceptors (Lipinski definition) is 3. The van der Waals surface area contributed by atoms with E-state index in [0.717, 1.165) is 38.8 Å². The van der Waals surface area contributed by atoms with Crippen LogP contribution in [0.1, 0.15) is 58.4 Å². The maximum atomic E-state index is 11.9. The van der Waals surface area contributed by atoms with Crippen LogP contribution in [0.4, 0.5) is 0 Å². The van der Waals surface area contributed by atoms with Crippen LogP contribution in [0.25, 0.3) is 5.57 Å². The Morgan fingerprint density at radius 3 is 2.55 bits per heavy atom. The van der Waals surface area contributed by atoms with Crippen LogP contribution in [0.2, 0.25) is 0 Å². The van der Waals surface area contributed by atoms with Gasteiger partial charge in [0.2, 0.25) is 5.91 Å². The van der Waals surface area contributed by atoms with Gasteiger partial charge in [-0.3, -0.25) is 4.79 Å². The fourth-order valence-electron chi connectivity index (χ4n) is 4.75. The molecule has 2 N–H and O–H groups in total. The highest BCUT2D eigenvalue weighted by Gasteiger charge is 2.46. The van der Waals surface area contributed by atoms with Gasteiger partial charge in [-0.15, -0.1) is 0 Å². The first kappa shape index (κ1) is 22.0. The number of nitrogens with one attached hydrogen (secondary N) is 1. The minimum Gasteiger partial charge on any atom is -0.389 e. The molecular weight excluding hydrogens is 360 g/mol. The first-order chi connectivity index (χ1) is 13.7. The van der Waals surface area contributed by atoms with E-state index >= 15 is 0 Å². The number of benzene rings is 1. The van der Waals surface area contributed by atoms with Crippen molar-refractivity contribution in [1.82, 2.24) is 10.2 Å². The third-order valence-electron chi connectivity index (χ3n) is 6.65. The van der Waals surface area contributed by atoms with Crippen LogP contribution >= 0.6 is 0 Å². The van der Waals surface area contributed by atoms with Gasteiger partial charge < -0.3 is 15.3 Å². The Hall–Kier alpha value is -1.65. The molecule has 0 radical (unpaired) electrons. The van der Waals surface area contributed by atoms with Crippen molar-refractivity contribution in [3.05, 3.63) is 42.0 Å². The van der Waals surface area contributed by atoms with Gasteiger partial charge in [0.1, 0.15) is 0 Å². The van der Waals surface area contributed by atoms with E-state index in [0.29, 0.717) is 12.5 Å². The van der Waals surface area contributed by atoms with Gasteiger partial charge in [0, 0.05) is 24.4 Å². The minimum absolute atomic E-state index is 0.105. The molecule has 3 aliphatic carbocycles. The molecule has 29 heavy (non-hydrogen) atoms. The summed E-state index contributed by atoms with van der Waals surface area (Å²) in [6, 6.07) is 10.6. The Labute approximate surface area is 176 Å². The standard InChI is InChI=1S/C25H38N2O2/c1-24(2,3)23(28)26-14-8-15-27(4)16-13-25(29)18-20-11-12-21(25)17-22(20)19-9-6-5-7-10-19/h5-7,9-10,17,20-21,29H,8,11-16,18H2,1-4H3,(H,26,28)/t20-,21-,25+/m1/s1. The van der Waals surface area contributed by atoms with Crippen LogP contribution in [0.5, 0.6) is 0 Å². The van der Waals surface area contributed by atoms with E-state index in [1.165, 1.54) is 17.6 Å². The number of fused-ring (bicyclic) bond motifs is 2. The second-order valence-corrected chi connectivity index (χ2v) is 10.1. The number of hydrogen-bond donors (Lipinski definition) is 2. The van der Waals surface area contributed by atoms with Crippen LogP contribution in [-0.4, -0.2) is 48.2 Å². The van der Waals surface area contributed by atoms with Gasteiger partial charge >= 0.3 is 0 Å². The molecule has 160 valence electrons. The molecule has 4 heteroatoms. The zero-order valence-corrected chi connectivity index (χ0v) is 18.6. The summed E-state index contributed by atoms with van der Waals surface area (Å²) in [5, 5.41) is 14.4. The SMILES string of the molecule is CN(CCCNC(=O)C(C)(C)C)CC[C@]1(O)C[C@H]2CC[C@@H]1C=C2c1ccccc1. The summed E-state index contributed by atoms with van der Waals surface area (Å²) in [5.41, 5.74) is 1.85. The summed E-state index contributed by atoms with van der Waals surface area (Å²) < 4.78 is 0. The lowest BCUT2D eigenvalue weighted by Gasteiger charge is -2.48. The van der Waals surface area contributed by atoms with Crippen molar-refractivity contribution >= 4 is 11.5 Å². The van der Waals surface area contributed by atoms with E-state index in [9.17, 15) is 9.90 Å². The van der Waals surface area contributed by atoms with E-state index in [4.69, 9.17) is 0 Å². The Morgan fingerprint density at radius 1 is 1.21 bits per heavy atom. The highest BCUT2D eigenvalue weighted by Crippen LogP contribution is 2.51. The van der Waals surface area contributed by atoms with E-state index in [1.54, 1.807) is 0 Å². The average Bonchev–Trinajstić information content (AvgIpc) is 2.70. The maximum absolute atomic E-state index is 11.9. The number of carbonyl (C=O) groups excluding carboxylic acids is 1. The molecule has 1 aromatic rings. The normalized spacial score (nSPS) is 26.5. The van der Waals surface area contributed by atoms with Crippen LogP contribution in [0, 0.1) is 17.3 Å². The van der Waals surface area contributed by atoms with E-state index < -0.39 is 5.60 Å². The number of amides is 1. The molecule has 1 aromatic carbocycles. The number of carbonyl (C=O) groups is 1. The molecule has 0 heterocycles. The fraction of sp³-hybridized carbons (Fsp3) is 0.640. The van der Waals surface area contributed by atoms with Gasteiger partial charge in [-0.1, -0.05) is 57.2 Å². The molecule has 0 aromatic heterocycles. The second kappa shape index (κ2) is 9.01. The third-order valence-corrected chi connectivity index (χ3v) is 6.65. The highest BCUT2D eigenvalue weighted by molar-refractivity contribution is 5.81. The lowest BCUT2D eigenvalue weighted by molar-refractivity contribution is -0.128. The second-order valence-electron chi connectivity index (χ2n) is 10.1. The number of allylic oxidation sites excluding steroid dienone is 1. The third kappa shape index (κ3) is 5.49. The van der Waals surface area contributed by atoms with Crippen molar-refractivity contribution in [3.8, 4) is 0 Å². The zero-order valence-electron chi connectivity index (χ0n) is 18.6. The molecule has 0 unspecified atom stereocenters. The Kier molecular flexibility index (Phi) is 6.85. The first-order valence-electron chi connectivity index (χ1n) is 11.2. The van der Waals surface area contributed by atoms with Crippen LogP contribution in [-0.2, 0) is 4.79 Å². The zero-order chi connectivity index (χ0) is 21.1. The molecule has 1 saturated carbocycles. The van der Waals surface area contributed by atoms with Gasteiger partial charge in [-0.25, -0.2) is 0 Å². The lowest BCUT2D eigenvalue weighted by atomic mass is 9.61.